The molecule has 0 bridgehead atoms. The second kappa shape index (κ2) is 5.56. The molecule has 6 nitrogen and oxygen atoms in total. The lowest BCUT2D eigenvalue weighted by Gasteiger charge is -2.32. The molecule has 1 fully saturated rings. The SMILES string of the molecule is CC(C)n1cnnc1C1CCN(c2cnccn2)CC1. The molecule has 0 N–H and O–H groups in total. The molecule has 3 heterocycles. The molecule has 0 aromatic carbocycles. The van der Waals surface area contributed by atoms with Gasteiger partial charge in [-0.15, -0.1) is 10.2 Å². The number of nitrogens with zero attached hydrogens (tertiary/aromatic N) is 6. The van der Waals surface area contributed by atoms with Crippen molar-refractivity contribution in [3.05, 3.63) is 30.7 Å². The van der Waals surface area contributed by atoms with Crippen molar-refractivity contribution in [1.82, 2.24) is 24.7 Å². The van der Waals surface area contributed by atoms with Crippen molar-refractivity contribution in [2.24, 2.45) is 0 Å². The normalized spacial score (nSPS) is 16.9. The molecular weight excluding hydrogens is 252 g/mol. The smallest absolute Gasteiger partial charge is 0.147 e. The van der Waals surface area contributed by atoms with E-state index in [2.05, 4.69) is 43.5 Å². The Morgan fingerprint density at radius 1 is 1.20 bits per heavy atom. The van der Waals surface area contributed by atoms with Gasteiger partial charge >= 0.3 is 0 Å². The summed E-state index contributed by atoms with van der Waals surface area (Å²) in [5.41, 5.74) is 0. The Bertz CT molecular complexity index is 542. The minimum Gasteiger partial charge on any atom is -0.355 e. The maximum Gasteiger partial charge on any atom is 0.147 e. The molecule has 2 aromatic rings. The van der Waals surface area contributed by atoms with Gasteiger partial charge in [0.15, 0.2) is 0 Å². The lowest BCUT2D eigenvalue weighted by Crippen LogP contribution is -2.34. The van der Waals surface area contributed by atoms with Crippen molar-refractivity contribution in [3.8, 4) is 0 Å². The predicted molar refractivity (Wildman–Crippen MR) is 76.6 cm³/mol. The van der Waals surface area contributed by atoms with Gasteiger partial charge in [-0.25, -0.2) is 4.98 Å². The van der Waals surface area contributed by atoms with Gasteiger partial charge in [0.25, 0.3) is 0 Å². The quantitative estimate of drug-likeness (QED) is 0.855. The zero-order valence-electron chi connectivity index (χ0n) is 12.0. The second-order valence-electron chi connectivity index (χ2n) is 5.52. The van der Waals surface area contributed by atoms with E-state index in [4.69, 9.17) is 0 Å². The van der Waals surface area contributed by atoms with Crippen LogP contribution >= 0.6 is 0 Å². The van der Waals surface area contributed by atoms with Crippen LogP contribution in [0.25, 0.3) is 0 Å². The van der Waals surface area contributed by atoms with E-state index in [1.165, 1.54) is 0 Å². The highest BCUT2D eigenvalue weighted by Gasteiger charge is 2.25. The van der Waals surface area contributed by atoms with Crippen LogP contribution in [0.15, 0.2) is 24.9 Å². The fourth-order valence-corrected chi connectivity index (χ4v) is 2.76. The topological polar surface area (TPSA) is 59.7 Å². The number of aromatic nitrogens is 5. The van der Waals surface area contributed by atoms with Gasteiger partial charge in [0.05, 0.1) is 6.20 Å². The molecule has 1 aliphatic rings. The summed E-state index contributed by atoms with van der Waals surface area (Å²) < 4.78 is 2.18. The third kappa shape index (κ3) is 2.50. The first-order valence-corrected chi connectivity index (χ1v) is 7.16. The van der Waals surface area contributed by atoms with Crippen LogP contribution in [-0.2, 0) is 0 Å². The lowest BCUT2D eigenvalue weighted by atomic mass is 9.95. The van der Waals surface area contributed by atoms with E-state index in [1.807, 2.05) is 12.5 Å². The van der Waals surface area contributed by atoms with Gasteiger partial charge in [0.1, 0.15) is 18.0 Å². The van der Waals surface area contributed by atoms with Gasteiger partial charge in [-0.2, -0.15) is 0 Å². The molecule has 1 aliphatic heterocycles. The van der Waals surface area contributed by atoms with Crippen LogP contribution in [0.5, 0.6) is 0 Å². The summed E-state index contributed by atoms with van der Waals surface area (Å²) in [6, 6.07) is 0.415. The van der Waals surface area contributed by atoms with E-state index in [0.29, 0.717) is 12.0 Å². The lowest BCUT2D eigenvalue weighted by molar-refractivity contribution is 0.447. The first-order chi connectivity index (χ1) is 9.75. The molecule has 0 unspecified atom stereocenters. The number of rotatable bonds is 3. The fraction of sp³-hybridized carbons (Fsp3) is 0.571. The molecule has 0 amide bonds. The Balaban J connectivity index is 1.68. The van der Waals surface area contributed by atoms with E-state index >= 15 is 0 Å². The number of piperidine rings is 1. The Morgan fingerprint density at radius 2 is 2.00 bits per heavy atom. The van der Waals surface area contributed by atoms with Gasteiger partial charge in [0.2, 0.25) is 0 Å². The maximum atomic E-state index is 4.37. The first kappa shape index (κ1) is 13.0. The third-order valence-electron chi connectivity index (χ3n) is 3.89. The van der Waals surface area contributed by atoms with Crippen LogP contribution in [0.3, 0.4) is 0 Å². The monoisotopic (exact) mass is 272 g/mol. The molecular formula is C14H20N6. The van der Waals surface area contributed by atoms with Crippen LogP contribution in [0.1, 0.15) is 44.5 Å². The Labute approximate surface area is 118 Å². The van der Waals surface area contributed by atoms with Crippen molar-refractivity contribution in [3.63, 3.8) is 0 Å². The van der Waals surface area contributed by atoms with Gasteiger partial charge in [-0.05, 0) is 26.7 Å². The zero-order chi connectivity index (χ0) is 13.9. The van der Waals surface area contributed by atoms with Gasteiger partial charge < -0.3 is 9.47 Å². The fourth-order valence-electron chi connectivity index (χ4n) is 2.76. The highest BCUT2D eigenvalue weighted by atomic mass is 15.3. The van der Waals surface area contributed by atoms with Crippen LogP contribution in [0, 0.1) is 0 Å². The van der Waals surface area contributed by atoms with Crippen molar-refractivity contribution in [1.29, 1.82) is 0 Å². The van der Waals surface area contributed by atoms with Crippen molar-refractivity contribution < 1.29 is 0 Å². The van der Waals surface area contributed by atoms with Crippen molar-refractivity contribution >= 4 is 5.82 Å². The Morgan fingerprint density at radius 3 is 2.65 bits per heavy atom. The highest BCUT2D eigenvalue weighted by molar-refractivity contribution is 5.35. The Kier molecular flexibility index (Phi) is 3.62. The highest BCUT2D eigenvalue weighted by Crippen LogP contribution is 2.29. The van der Waals surface area contributed by atoms with Crippen LogP contribution < -0.4 is 4.90 Å². The van der Waals surface area contributed by atoms with E-state index < -0.39 is 0 Å². The molecule has 0 aliphatic carbocycles. The average molecular weight is 272 g/mol. The van der Waals surface area contributed by atoms with Gasteiger partial charge in [0, 0.05) is 37.4 Å². The van der Waals surface area contributed by atoms with E-state index in [1.54, 1.807) is 12.4 Å². The molecule has 0 radical (unpaired) electrons. The summed E-state index contributed by atoms with van der Waals surface area (Å²) in [4.78, 5) is 10.8. The summed E-state index contributed by atoms with van der Waals surface area (Å²) in [6.45, 7) is 6.33. The van der Waals surface area contributed by atoms with E-state index in [0.717, 1.165) is 37.6 Å². The molecule has 106 valence electrons. The van der Waals surface area contributed by atoms with E-state index in [-0.39, 0.29) is 0 Å². The summed E-state index contributed by atoms with van der Waals surface area (Å²) in [5.74, 6) is 2.59. The standard InChI is InChI=1S/C14H20N6/c1-11(2)20-10-17-18-14(20)12-3-7-19(8-4-12)13-9-15-5-6-16-13/h5-6,9-12H,3-4,7-8H2,1-2H3. The van der Waals surface area contributed by atoms with Gasteiger partial charge in [-0.3, -0.25) is 4.98 Å². The molecule has 2 aromatic heterocycles. The third-order valence-corrected chi connectivity index (χ3v) is 3.89. The summed E-state index contributed by atoms with van der Waals surface area (Å²) in [7, 11) is 0. The average Bonchev–Trinajstić information content (AvgIpc) is 2.98. The first-order valence-electron chi connectivity index (χ1n) is 7.16. The molecule has 1 saturated heterocycles. The van der Waals surface area contributed by atoms with Crippen molar-refractivity contribution in [2.45, 2.75) is 38.6 Å². The Hall–Kier alpha value is -1.98. The molecule has 6 heteroatoms. The van der Waals surface area contributed by atoms with Crippen LogP contribution in [0.2, 0.25) is 0 Å². The predicted octanol–water partition coefficient (Wildman–Crippen LogP) is 2.03. The maximum absolute atomic E-state index is 4.37. The summed E-state index contributed by atoms with van der Waals surface area (Å²) >= 11 is 0. The molecule has 0 spiro atoms. The largest absolute Gasteiger partial charge is 0.355 e. The van der Waals surface area contributed by atoms with Crippen molar-refractivity contribution in [2.75, 3.05) is 18.0 Å². The van der Waals surface area contributed by atoms with Gasteiger partial charge in [-0.1, -0.05) is 0 Å². The molecule has 20 heavy (non-hydrogen) atoms. The minimum atomic E-state index is 0.415. The molecule has 0 atom stereocenters. The van der Waals surface area contributed by atoms with E-state index in [9.17, 15) is 0 Å². The zero-order valence-corrected chi connectivity index (χ0v) is 12.0. The van der Waals surface area contributed by atoms with Crippen LogP contribution in [-0.4, -0.2) is 37.8 Å². The summed E-state index contributed by atoms with van der Waals surface area (Å²) in [6.07, 6.45) is 9.30. The number of hydrogen-bond acceptors (Lipinski definition) is 5. The minimum absolute atomic E-state index is 0.415. The summed E-state index contributed by atoms with van der Waals surface area (Å²) in [5, 5.41) is 8.40. The number of hydrogen-bond donors (Lipinski definition) is 0. The molecule has 0 saturated carbocycles. The number of anilines is 1. The molecule has 3 rings (SSSR count). The van der Waals surface area contributed by atoms with Crippen LogP contribution in [0.4, 0.5) is 5.82 Å². The second-order valence-corrected chi connectivity index (χ2v) is 5.52.